The van der Waals surface area contributed by atoms with Crippen molar-refractivity contribution in [2.24, 2.45) is 0 Å². The Kier molecular flexibility index (Phi) is 3.92. The molecule has 0 bridgehead atoms. The van der Waals surface area contributed by atoms with Crippen LogP contribution in [-0.2, 0) is 22.4 Å². The molecule has 1 unspecified atom stereocenters. The van der Waals surface area contributed by atoms with Crippen molar-refractivity contribution in [3.05, 3.63) is 17.0 Å². The van der Waals surface area contributed by atoms with E-state index < -0.39 is 12.0 Å². The summed E-state index contributed by atoms with van der Waals surface area (Å²) >= 11 is 0. The molecule has 1 atom stereocenters. The maximum Gasteiger partial charge on any atom is 0.305 e. The topological polar surface area (TPSA) is 92.9 Å². The van der Waals surface area contributed by atoms with Crippen LogP contribution in [0.4, 0.5) is 0 Å². The number of fused-ring (bicyclic) bond motifs is 1. The van der Waals surface area contributed by atoms with E-state index in [-0.39, 0.29) is 18.9 Å². The molecule has 1 aromatic heterocycles. The van der Waals surface area contributed by atoms with Gasteiger partial charge in [-0.1, -0.05) is 5.16 Å². The number of amides is 1. The number of carboxylic acid groups (broad SMARTS) is 1. The minimum atomic E-state index is -0.939. The van der Waals surface area contributed by atoms with Gasteiger partial charge < -0.3 is 19.3 Å². The van der Waals surface area contributed by atoms with Gasteiger partial charge in [-0.2, -0.15) is 0 Å². The molecule has 0 saturated carbocycles. The third kappa shape index (κ3) is 2.78. The summed E-state index contributed by atoms with van der Waals surface area (Å²) in [4.78, 5) is 25.2. The number of hydrogen-bond acceptors (Lipinski definition) is 5. The molecule has 1 aromatic rings. The highest BCUT2D eigenvalue weighted by molar-refractivity contribution is 5.94. The number of aromatic nitrogens is 1. The van der Waals surface area contributed by atoms with Gasteiger partial charge in [-0.05, 0) is 19.3 Å². The van der Waals surface area contributed by atoms with Crippen LogP contribution in [0.1, 0.15) is 41.1 Å². The summed E-state index contributed by atoms with van der Waals surface area (Å²) in [6.07, 6.45) is 3.57. The van der Waals surface area contributed by atoms with Crippen molar-refractivity contribution in [2.45, 2.75) is 38.1 Å². The number of carboxylic acids is 1. The van der Waals surface area contributed by atoms with Crippen molar-refractivity contribution < 1.29 is 24.0 Å². The number of carbonyl (C=O) groups is 2. The van der Waals surface area contributed by atoms with Gasteiger partial charge in [0.1, 0.15) is 5.76 Å². The first-order valence-corrected chi connectivity index (χ1v) is 7.24. The maximum absolute atomic E-state index is 12.7. The SMILES string of the molecule is O=C(O)CC1COCCN1C(=O)c1noc2c1CCCC2. The van der Waals surface area contributed by atoms with Crippen LogP contribution in [0.25, 0.3) is 0 Å². The fourth-order valence-electron chi connectivity index (χ4n) is 2.98. The Morgan fingerprint density at radius 1 is 1.33 bits per heavy atom. The van der Waals surface area contributed by atoms with Crippen molar-refractivity contribution >= 4 is 11.9 Å². The standard InChI is InChI=1S/C14H18N2O5/c17-12(18)7-9-8-20-6-5-16(9)14(19)13-10-3-1-2-4-11(10)21-15-13/h9H,1-8H2,(H,17,18). The van der Waals surface area contributed by atoms with Gasteiger partial charge in [0.25, 0.3) is 5.91 Å². The van der Waals surface area contributed by atoms with E-state index in [2.05, 4.69) is 5.16 Å². The lowest BCUT2D eigenvalue weighted by Gasteiger charge is -2.34. The number of carbonyl (C=O) groups excluding carboxylic acids is 1. The first-order chi connectivity index (χ1) is 10.2. The van der Waals surface area contributed by atoms with Crippen molar-refractivity contribution in [3.63, 3.8) is 0 Å². The Hall–Kier alpha value is -1.89. The van der Waals surface area contributed by atoms with Gasteiger partial charge in [-0.25, -0.2) is 0 Å². The van der Waals surface area contributed by atoms with Gasteiger partial charge in [0.05, 0.1) is 25.7 Å². The van der Waals surface area contributed by atoms with Crippen LogP contribution in [0.3, 0.4) is 0 Å². The van der Waals surface area contributed by atoms with Crippen LogP contribution in [0.2, 0.25) is 0 Å². The Balaban J connectivity index is 1.82. The first kappa shape index (κ1) is 14.1. The van der Waals surface area contributed by atoms with Gasteiger partial charge in [0.2, 0.25) is 0 Å². The molecule has 1 amide bonds. The van der Waals surface area contributed by atoms with Gasteiger partial charge in [0.15, 0.2) is 5.69 Å². The fraction of sp³-hybridized carbons (Fsp3) is 0.643. The Labute approximate surface area is 121 Å². The molecule has 7 nitrogen and oxygen atoms in total. The molecule has 1 aliphatic carbocycles. The highest BCUT2D eigenvalue weighted by Gasteiger charge is 2.34. The molecule has 1 N–H and O–H groups in total. The molecule has 2 heterocycles. The predicted octanol–water partition coefficient (Wildman–Crippen LogP) is 0.869. The van der Waals surface area contributed by atoms with E-state index in [1.165, 1.54) is 0 Å². The molecule has 1 aliphatic heterocycles. The molecule has 0 aromatic carbocycles. The van der Waals surface area contributed by atoms with Crippen molar-refractivity contribution in [1.29, 1.82) is 0 Å². The summed E-state index contributed by atoms with van der Waals surface area (Å²) in [5.41, 5.74) is 1.24. The van der Waals surface area contributed by atoms with Gasteiger partial charge in [-0.3, -0.25) is 9.59 Å². The Morgan fingerprint density at radius 2 is 2.14 bits per heavy atom. The molecule has 114 valence electrons. The molecule has 1 saturated heterocycles. The van der Waals surface area contributed by atoms with Gasteiger partial charge in [-0.15, -0.1) is 0 Å². The van der Waals surface area contributed by atoms with Crippen LogP contribution < -0.4 is 0 Å². The molecule has 7 heteroatoms. The number of aliphatic carboxylic acids is 1. The summed E-state index contributed by atoms with van der Waals surface area (Å²) in [5.74, 6) is -0.380. The predicted molar refractivity (Wildman–Crippen MR) is 71.0 cm³/mol. The summed E-state index contributed by atoms with van der Waals surface area (Å²) < 4.78 is 10.6. The highest BCUT2D eigenvalue weighted by Crippen LogP contribution is 2.26. The smallest absolute Gasteiger partial charge is 0.305 e. The van der Waals surface area contributed by atoms with E-state index in [0.29, 0.717) is 18.8 Å². The van der Waals surface area contributed by atoms with Crippen molar-refractivity contribution in [3.8, 4) is 0 Å². The van der Waals surface area contributed by atoms with Crippen LogP contribution in [0, 0.1) is 0 Å². The highest BCUT2D eigenvalue weighted by atomic mass is 16.5. The second-order valence-electron chi connectivity index (χ2n) is 5.47. The van der Waals surface area contributed by atoms with E-state index in [9.17, 15) is 9.59 Å². The third-order valence-corrected chi connectivity index (χ3v) is 4.05. The molecule has 0 spiro atoms. The molecule has 1 fully saturated rings. The third-order valence-electron chi connectivity index (χ3n) is 4.05. The van der Waals surface area contributed by atoms with E-state index in [0.717, 1.165) is 37.0 Å². The minimum absolute atomic E-state index is 0.119. The molecule has 21 heavy (non-hydrogen) atoms. The van der Waals surface area contributed by atoms with Crippen LogP contribution in [0.5, 0.6) is 0 Å². The second-order valence-corrected chi connectivity index (χ2v) is 5.47. The number of morpholine rings is 1. The zero-order valence-corrected chi connectivity index (χ0v) is 11.7. The van der Waals surface area contributed by atoms with Crippen LogP contribution in [0.15, 0.2) is 4.52 Å². The Morgan fingerprint density at radius 3 is 2.95 bits per heavy atom. The zero-order chi connectivity index (χ0) is 14.8. The molecule has 3 rings (SSSR count). The molecular formula is C14H18N2O5. The number of aryl methyl sites for hydroxylation is 1. The quantitative estimate of drug-likeness (QED) is 0.889. The summed E-state index contributed by atoms with van der Waals surface area (Å²) in [5, 5.41) is 12.9. The van der Waals surface area contributed by atoms with Crippen LogP contribution in [-0.4, -0.2) is 52.8 Å². The van der Waals surface area contributed by atoms with E-state index in [1.807, 2.05) is 0 Å². The zero-order valence-electron chi connectivity index (χ0n) is 11.7. The lowest BCUT2D eigenvalue weighted by atomic mass is 9.96. The first-order valence-electron chi connectivity index (χ1n) is 7.24. The Bertz CT molecular complexity index is 554. The van der Waals surface area contributed by atoms with Crippen LogP contribution >= 0.6 is 0 Å². The lowest BCUT2D eigenvalue weighted by molar-refractivity contribution is -0.139. The summed E-state index contributed by atoms with van der Waals surface area (Å²) in [6, 6.07) is -0.445. The molecular weight excluding hydrogens is 276 g/mol. The summed E-state index contributed by atoms with van der Waals surface area (Å²) in [7, 11) is 0. The van der Waals surface area contributed by atoms with Crippen molar-refractivity contribution in [1.82, 2.24) is 10.1 Å². The van der Waals surface area contributed by atoms with Crippen molar-refractivity contribution in [2.75, 3.05) is 19.8 Å². The largest absolute Gasteiger partial charge is 0.481 e. The lowest BCUT2D eigenvalue weighted by Crippen LogP contribution is -2.49. The second kappa shape index (κ2) is 5.85. The minimum Gasteiger partial charge on any atom is -0.481 e. The van der Waals surface area contributed by atoms with Gasteiger partial charge in [0, 0.05) is 18.5 Å². The fourth-order valence-corrected chi connectivity index (χ4v) is 2.98. The summed E-state index contributed by atoms with van der Waals surface area (Å²) in [6.45, 7) is 1.05. The average molecular weight is 294 g/mol. The number of rotatable bonds is 3. The normalized spacial score (nSPS) is 21.9. The number of ether oxygens (including phenoxy) is 1. The molecule has 0 radical (unpaired) electrons. The average Bonchev–Trinajstić information content (AvgIpc) is 2.90. The monoisotopic (exact) mass is 294 g/mol. The van der Waals surface area contributed by atoms with E-state index in [1.54, 1.807) is 4.90 Å². The van der Waals surface area contributed by atoms with Gasteiger partial charge >= 0.3 is 5.97 Å². The number of nitrogens with zero attached hydrogens (tertiary/aromatic N) is 2. The van der Waals surface area contributed by atoms with E-state index in [4.69, 9.17) is 14.4 Å². The maximum atomic E-state index is 12.7. The van der Waals surface area contributed by atoms with E-state index >= 15 is 0 Å². The number of hydrogen-bond donors (Lipinski definition) is 1. The molecule has 2 aliphatic rings.